The fourth-order valence-corrected chi connectivity index (χ4v) is 1.93. The second kappa shape index (κ2) is 7.56. The highest BCUT2D eigenvalue weighted by Gasteiger charge is 2.58. The van der Waals surface area contributed by atoms with Crippen LogP contribution in [-0.4, -0.2) is 40.9 Å². The predicted octanol–water partition coefficient (Wildman–Crippen LogP) is 4.22. The van der Waals surface area contributed by atoms with Gasteiger partial charge in [0.15, 0.2) is 0 Å². The van der Waals surface area contributed by atoms with E-state index in [1.54, 1.807) is 0 Å². The van der Waals surface area contributed by atoms with Crippen LogP contribution in [0.1, 0.15) is 10.6 Å². The minimum atomic E-state index is -5.97. The summed E-state index contributed by atoms with van der Waals surface area (Å²) in [7, 11) is 0. The summed E-state index contributed by atoms with van der Waals surface area (Å²) in [6.45, 7) is -2.13. The highest BCUT2D eigenvalue weighted by atomic mass is 19.4. The van der Waals surface area contributed by atoms with Gasteiger partial charge in [0, 0.05) is 18.1 Å². The van der Waals surface area contributed by atoms with Crippen molar-refractivity contribution in [3.8, 4) is 5.75 Å². The quantitative estimate of drug-likeness (QED) is 0.687. The molecule has 5 nitrogen and oxygen atoms in total. The topological polar surface area (TPSA) is 55.3 Å². The normalized spacial score (nSPS) is 12.6. The number of alkyl halides is 8. The van der Waals surface area contributed by atoms with Gasteiger partial charge in [0.2, 0.25) is 5.82 Å². The molecule has 0 fully saturated rings. The van der Waals surface area contributed by atoms with Crippen molar-refractivity contribution < 1.29 is 44.7 Å². The minimum Gasteiger partial charge on any atom is -0.406 e. The lowest BCUT2D eigenvalue weighted by atomic mass is 10.2. The predicted molar refractivity (Wildman–Crippen MR) is 77.8 cm³/mol. The van der Waals surface area contributed by atoms with Gasteiger partial charge >= 0.3 is 18.5 Å². The first-order valence-electron chi connectivity index (χ1n) is 7.19. The van der Waals surface area contributed by atoms with E-state index in [0.717, 1.165) is 12.4 Å². The highest BCUT2D eigenvalue weighted by Crippen LogP contribution is 2.37. The molecule has 1 heterocycles. The third-order valence-corrected chi connectivity index (χ3v) is 3.16. The number of benzene rings is 1. The molecule has 152 valence electrons. The molecule has 0 saturated carbocycles. The summed E-state index contributed by atoms with van der Waals surface area (Å²) in [5.74, 6) is -8.16. The fraction of sp³-hybridized carbons (Fsp3) is 0.267. The van der Waals surface area contributed by atoms with Crippen LogP contribution in [0.25, 0.3) is 0 Å². The van der Waals surface area contributed by atoms with Crippen molar-refractivity contribution >= 4 is 11.6 Å². The number of aromatic nitrogens is 2. The Hall–Kier alpha value is -2.99. The number of amides is 1. The van der Waals surface area contributed by atoms with Crippen LogP contribution >= 0.6 is 0 Å². The van der Waals surface area contributed by atoms with Crippen molar-refractivity contribution in [2.75, 3.05) is 11.4 Å². The Morgan fingerprint density at radius 2 is 1.46 bits per heavy atom. The summed E-state index contributed by atoms with van der Waals surface area (Å²) in [6, 6.07) is 4.01. The molecule has 0 aliphatic carbocycles. The van der Waals surface area contributed by atoms with Crippen LogP contribution in [0, 0.1) is 0 Å². The van der Waals surface area contributed by atoms with Crippen molar-refractivity contribution in [1.82, 2.24) is 9.97 Å². The fourth-order valence-electron chi connectivity index (χ4n) is 1.93. The van der Waals surface area contributed by atoms with Gasteiger partial charge in [-0.2, -0.15) is 22.0 Å². The zero-order chi connectivity index (χ0) is 21.2. The molecular weight excluding hydrogens is 406 g/mol. The molecule has 0 radical (unpaired) electrons. The molecule has 0 aliphatic heterocycles. The first-order chi connectivity index (χ1) is 12.8. The molecule has 1 aromatic heterocycles. The van der Waals surface area contributed by atoms with Crippen LogP contribution in [0.2, 0.25) is 0 Å². The van der Waals surface area contributed by atoms with Gasteiger partial charge in [-0.3, -0.25) is 9.69 Å². The Morgan fingerprint density at radius 1 is 0.929 bits per heavy atom. The van der Waals surface area contributed by atoms with Gasteiger partial charge < -0.3 is 4.74 Å². The van der Waals surface area contributed by atoms with Crippen LogP contribution in [0.4, 0.5) is 40.8 Å². The number of anilines is 1. The van der Waals surface area contributed by atoms with Crippen molar-refractivity contribution in [3.05, 3.63) is 48.5 Å². The molecular formula is C15H9F8N3O2. The van der Waals surface area contributed by atoms with E-state index < -0.39 is 48.2 Å². The van der Waals surface area contributed by atoms with Crippen molar-refractivity contribution in [1.29, 1.82) is 0 Å². The minimum absolute atomic E-state index is 0.0141. The van der Waals surface area contributed by atoms with Crippen molar-refractivity contribution in [2.45, 2.75) is 18.5 Å². The molecule has 0 N–H and O–H groups in total. The van der Waals surface area contributed by atoms with Gasteiger partial charge in [-0.1, -0.05) is 0 Å². The number of rotatable bonds is 5. The SMILES string of the molecule is O=C(c1ncccn1)N(CC(F)(F)C(F)(F)F)c1ccc(OC(F)(F)F)cc1. The van der Waals surface area contributed by atoms with Crippen LogP contribution in [0.5, 0.6) is 5.75 Å². The van der Waals surface area contributed by atoms with E-state index in [0.29, 0.717) is 24.3 Å². The molecule has 1 aromatic carbocycles. The van der Waals surface area contributed by atoms with Gasteiger partial charge in [0.05, 0.1) is 6.54 Å². The van der Waals surface area contributed by atoms with E-state index in [1.807, 2.05) is 0 Å². The third-order valence-electron chi connectivity index (χ3n) is 3.16. The maximum absolute atomic E-state index is 13.5. The van der Waals surface area contributed by atoms with E-state index >= 15 is 0 Å². The number of carbonyl (C=O) groups excluding carboxylic acids is 1. The van der Waals surface area contributed by atoms with E-state index in [9.17, 15) is 39.9 Å². The largest absolute Gasteiger partial charge is 0.573 e. The van der Waals surface area contributed by atoms with Gasteiger partial charge in [0.25, 0.3) is 5.91 Å². The number of carbonyl (C=O) groups is 1. The Morgan fingerprint density at radius 3 is 1.93 bits per heavy atom. The highest BCUT2D eigenvalue weighted by molar-refractivity contribution is 6.03. The summed E-state index contributed by atoms with van der Waals surface area (Å²) in [5, 5.41) is 0. The lowest BCUT2D eigenvalue weighted by molar-refractivity contribution is -0.276. The van der Waals surface area contributed by atoms with Gasteiger partial charge in [-0.25, -0.2) is 9.97 Å². The van der Waals surface area contributed by atoms with Gasteiger partial charge in [0.1, 0.15) is 5.75 Å². The Labute approximate surface area is 151 Å². The molecule has 0 saturated heterocycles. The first kappa shape index (κ1) is 21.3. The molecule has 0 spiro atoms. The van der Waals surface area contributed by atoms with Crippen molar-refractivity contribution in [3.63, 3.8) is 0 Å². The van der Waals surface area contributed by atoms with Gasteiger partial charge in [-0.05, 0) is 30.3 Å². The number of hydrogen-bond acceptors (Lipinski definition) is 4. The zero-order valence-corrected chi connectivity index (χ0v) is 13.4. The molecule has 13 heteroatoms. The number of nitrogens with zero attached hydrogens (tertiary/aromatic N) is 3. The third kappa shape index (κ3) is 5.27. The zero-order valence-electron chi connectivity index (χ0n) is 13.4. The lowest BCUT2D eigenvalue weighted by Gasteiger charge is -2.28. The van der Waals surface area contributed by atoms with Crippen LogP contribution in [-0.2, 0) is 0 Å². The number of ether oxygens (including phenoxy) is 1. The maximum atomic E-state index is 13.5. The van der Waals surface area contributed by atoms with Crippen LogP contribution in [0.3, 0.4) is 0 Å². The van der Waals surface area contributed by atoms with Crippen molar-refractivity contribution in [2.24, 2.45) is 0 Å². The van der Waals surface area contributed by atoms with E-state index in [2.05, 4.69) is 14.7 Å². The number of halogens is 8. The lowest BCUT2D eigenvalue weighted by Crippen LogP contribution is -2.49. The standard InChI is InChI=1S/C15H9F8N3O2/c16-13(17,14(18,19)20)8-26(12(27)11-24-6-1-7-25-11)9-2-4-10(5-3-9)28-15(21,22)23/h1-7H,8H2. The summed E-state index contributed by atoms with van der Waals surface area (Å²) in [5.41, 5.74) is -0.545. The summed E-state index contributed by atoms with van der Waals surface area (Å²) in [4.78, 5) is 19.3. The smallest absolute Gasteiger partial charge is 0.406 e. The summed E-state index contributed by atoms with van der Waals surface area (Å²) < 4.78 is 105. The van der Waals surface area contributed by atoms with Gasteiger partial charge in [-0.15, -0.1) is 13.2 Å². The average Bonchev–Trinajstić information content (AvgIpc) is 2.58. The summed E-state index contributed by atoms with van der Waals surface area (Å²) in [6.07, 6.45) is -8.90. The van der Waals surface area contributed by atoms with E-state index in [-0.39, 0.29) is 4.90 Å². The Balaban J connectivity index is 2.39. The van der Waals surface area contributed by atoms with Crippen LogP contribution in [0.15, 0.2) is 42.7 Å². The van der Waals surface area contributed by atoms with E-state index in [1.165, 1.54) is 6.07 Å². The Bertz CT molecular complexity index is 807. The number of hydrogen-bond donors (Lipinski definition) is 0. The molecule has 0 aliphatic rings. The summed E-state index contributed by atoms with van der Waals surface area (Å²) >= 11 is 0. The maximum Gasteiger partial charge on any atom is 0.573 e. The second-order valence-corrected chi connectivity index (χ2v) is 5.21. The second-order valence-electron chi connectivity index (χ2n) is 5.21. The molecule has 1 amide bonds. The molecule has 0 unspecified atom stereocenters. The molecule has 0 bridgehead atoms. The average molecular weight is 415 g/mol. The van der Waals surface area contributed by atoms with E-state index in [4.69, 9.17) is 0 Å². The molecule has 2 rings (SSSR count). The first-order valence-corrected chi connectivity index (χ1v) is 7.19. The monoisotopic (exact) mass is 415 g/mol. The Kier molecular flexibility index (Phi) is 5.75. The molecule has 28 heavy (non-hydrogen) atoms. The van der Waals surface area contributed by atoms with Crippen LogP contribution < -0.4 is 9.64 Å². The molecule has 0 atom stereocenters. The molecule has 2 aromatic rings.